The number of rotatable bonds is 4. The van der Waals surface area contributed by atoms with E-state index in [1.807, 2.05) is 0 Å². The number of piperazine rings is 1. The summed E-state index contributed by atoms with van der Waals surface area (Å²) in [6, 6.07) is 5.85. The SMILES string of the molecule is COc1cccc(N2CC(=O)N(C(C)C(=O)O)C(=O)C2)c1. The van der Waals surface area contributed by atoms with Crippen molar-refractivity contribution in [2.75, 3.05) is 25.1 Å². The number of carbonyl (C=O) groups is 3. The van der Waals surface area contributed by atoms with Crippen molar-refractivity contribution in [3.8, 4) is 5.75 Å². The number of carboxylic acid groups (broad SMARTS) is 1. The maximum Gasteiger partial charge on any atom is 0.326 e. The lowest BCUT2D eigenvalue weighted by Crippen LogP contribution is -2.58. The van der Waals surface area contributed by atoms with Crippen molar-refractivity contribution >= 4 is 23.5 Å². The second-order valence-corrected chi connectivity index (χ2v) is 4.73. The van der Waals surface area contributed by atoms with Gasteiger partial charge in [0.2, 0.25) is 11.8 Å². The third kappa shape index (κ3) is 2.96. The molecule has 1 aromatic carbocycles. The molecule has 2 amide bonds. The number of methoxy groups -OCH3 is 1. The summed E-state index contributed by atoms with van der Waals surface area (Å²) in [5.41, 5.74) is 0.679. The molecule has 2 rings (SSSR count). The van der Waals surface area contributed by atoms with Crippen LogP contribution in [0.5, 0.6) is 5.75 Å². The molecule has 1 heterocycles. The van der Waals surface area contributed by atoms with Gasteiger partial charge < -0.3 is 14.7 Å². The standard InChI is InChI=1S/C14H16N2O5/c1-9(14(19)20)16-12(17)7-15(8-13(16)18)10-4-3-5-11(6-10)21-2/h3-6,9H,7-8H2,1-2H3,(H,19,20). The Morgan fingerprint density at radius 3 is 2.43 bits per heavy atom. The summed E-state index contributed by atoms with van der Waals surface area (Å²) < 4.78 is 5.11. The number of nitrogens with zero attached hydrogens (tertiary/aromatic N) is 2. The van der Waals surface area contributed by atoms with E-state index in [9.17, 15) is 14.4 Å². The van der Waals surface area contributed by atoms with E-state index in [1.165, 1.54) is 14.0 Å². The molecule has 0 radical (unpaired) electrons. The van der Waals surface area contributed by atoms with Gasteiger partial charge in [0, 0.05) is 11.8 Å². The lowest BCUT2D eigenvalue weighted by atomic mass is 10.2. The van der Waals surface area contributed by atoms with Gasteiger partial charge in [-0.25, -0.2) is 4.79 Å². The molecule has 1 aliphatic heterocycles. The van der Waals surface area contributed by atoms with Gasteiger partial charge in [0.1, 0.15) is 11.8 Å². The van der Waals surface area contributed by atoms with Gasteiger partial charge in [-0.15, -0.1) is 0 Å². The monoisotopic (exact) mass is 292 g/mol. The zero-order chi connectivity index (χ0) is 15.6. The van der Waals surface area contributed by atoms with Crippen molar-refractivity contribution in [3.05, 3.63) is 24.3 Å². The summed E-state index contributed by atoms with van der Waals surface area (Å²) in [4.78, 5) is 37.5. The highest BCUT2D eigenvalue weighted by Gasteiger charge is 2.37. The minimum Gasteiger partial charge on any atom is -0.497 e. The average Bonchev–Trinajstić information content (AvgIpc) is 2.46. The van der Waals surface area contributed by atoms with Crippen LogP contribution in [0.2, 0.25) is 0 Å². The first-order valence-corrected chi connectivity index (χ1v) is 6.40. The van der Waals surface area contributed by atoms with Crippen molar-refractivity contribution in [1.82, 2.24) is 4.90 Å². The number of hydrogen-bond donors (Lipinski definition) is 1. The molecule has 1 saturated heterocycles. The highest BCUT2D eigenvalue weighted by Crippen LogP contribution is 2.23. The Bertz CT molecular complexity index is 568. The third-order valence-corrected chi connectivity index (χ3v) is 3.35. The Hall–Kier alpha value is -2.57. The van der Waals surface area contributed by atoms with E-state index in [0.29, 0.717) is 11.4 Å². The van der Waals surface area contributed by atoms with Crippen LogP contribution in [-0.4, -0.2) is 54.0 Å². The fourth-order valence-corrected chi connectivity index (χ4v) is 2.21. The smallest absolute Gasteiger partial charge is 0.326 e. The van der Waals surface area contributed by atoms with Crippen LogP contribution < -0.4 is 9.64 Å². The number of ether oxygens (including phenoxy) is 1. The van der Waals surface area contributed by atoms with Gasteiger partial charge in [0.15, 0.2) is 0 Å². The highest BCUT2D eigenvalue weighted by molar-refractivity contribution is 6.05. The summed E-state index contributed by atoms with van der Waals surface area (Å²) >= 11 is 0. The predicted molar refractivity (Wildman–Crippen MR) is 74.2 cm³/mol. The largest absolute Gasteiger partial charge is 0.497 e. The minimum absolute atomic E-state index is 0.0451. The van der Waals surface area contributed by atoms with Gasteiger partial charge in [-0.3, -0.25) is 14.5 Å². The van der Waals surface area contributed by atoms with E-state index in [-0.39, 0.29) is 13.1 Å². The summed E-state index contributed by atoms with van der Waals surface area (Å²) in [5.74, 6) is -1.63. The Balaban J connectivity index is 2.20. The van der Waals surface area contributed by atoms with Crippen molar-refractivity contribution in [3.63, 3.8) is 0 Å². The van der Waals surface area contributed by atoms with E-state index < -0.39 is 23.8 Å². The Morgan fingerprint density at radius 1 is 1.29 bits per heavy atom. The number of carbonyl (C=O) groups excluding carboxylic acids is 2. The van der Waals surface area contributed by atoms with Gasteiger partial charge in [-0.1, -0.05) is 6.07 Å². The number of imide groups is 1. The van der Waals surface area contributed by atoms with Gasteiger partial charge in [-0.2, -0.15) is 0 Å². The lowest BCUT2D eigenvalue weighted by molar-refractivity contribution is -0.157. The van der Waals surface area contributed by atoms with Gasteiger partial charge in [0.25, 0.3) is 0 Å². The molecule has 7 nitrogen and oxygen atoms in total. The van der Waals surface area contributed by atoms with E-state index in [0.717, 1.165) is 4.90 Å². The Morgan fingerprint density at radius 2 is 1.90 bits per heavy atom. The third-order valence-electron chi connectivity index (χ3n) is 3.35. The molecule has 1 fully saturated rings. The second kappa shape index (κ2) is 5.82. The van der Waals surface area contributed by atoms with Crippen LogP contribution in [0.25, 0.3) is 0 Å². The number of anilines is 1. The van der Waals surface area contributed by atoms with Crippen LogP contribution in [0.3, 0.4) is 0 Å². The number of amides is 2. The lowest BCUT2D eigenvalue weighted by Gasteiger charge is -2.35. The molecule has 1 atom stereocenters. The molecule has 0 aromatic heterocycles. The van der Waals surface area contributed by atoms with Crippen molar-refractivity contribution in [1.29, 1.82) is 0 Å². The molecular weight excluding hydrogens is 276 g/mol. The fourth-order valence-electron chi connectivity index (χ4n) is 2.21. The molecule has 1 aliphatic rings. The molecule has 21 heavy (non-hydrogen) atoms. The first kappa shape index (κ1) is 14.8. The summed E-state index contributed by atoms with van der Waals surface area (Å²) in [6.45, 7) is 1.23. The molecular formula is C14H16N2O5. The van der Waals surface area contributed by atoms with Crippen LogP contribution >= 0.6 is 0 Å². The topological polar surface area (TPSA) is 87.2 Å². The maximum absolute atomic E-state index is 12.1. The van der Waals surface area contributed by atoms with E-state index >= 15 is 0 Å². The van der Waals surface area contributed by atoms with Crippen molar-refractivity contribution < 1.29 is 24.2 Å². The van der Waals surface area contributed by atoms with Crippen LogP contribution in [0.4, 0.5) is 5.69 Å². The first-order valence-electron chi connectivity index (χ1n) is 6.40. The number of aliphatic carboxylic acids is 1. The number of carboxylic acids is 1. The Labute approximate surface area is 121 Å². The summed E-state index contributed by atoms with van der Waals surface area (Å²) in [5, 5.41) is 8.94. The van der Waals surface area contributed by atoms with E-state index in [1.54, 1.807) is 29.2 Å². The molecule has 0 aliphatic carbocycles. The van der Waals surface area contributed by atoms with Crippen molar-refractivity contribution in [2.24, 2.45) is 0 Å². The van der Waals surface area contributed by atoms with E-state index in [4.69, 9.17) is 9.84 Å². The van der Waals surface area contributed by atoms with Crippen LogP contribution in [0, 0.1) is 0 Å². The maximum atomic E-state index is 12.1. The molecule has 7 heteroatoms. The van der Waals surface area contributed by atoms with Crippen molar-refractivity contribution in [2.45, 2.75) is 13.0 Å². The quantitative estimate of drug-likeness (QED) is 0.805. The first-order chi connectivity index (χ1) is 9.93. The second-order valence-electron chi connectivity index (χ2n) is 4.73. The van der Waals surface area contributed by atoms with Crippen LogP contribution in [0.15, 0.2) is 24.3 Å². The van der Waals surface area contributed by atoms with E-state index in [2.05, 4.69) is 0 Å². The molecule has 1 N–H and O–H groups in total. The molecule has 1 aromatic rings. The molecule has 0 bridgehead atoms. The highest BCUT2D eigenvalue weighted by atomic mass is 16.5. The minimum atomic E-state index is -1.20. The van der Waals surface area contributed by atoms with Crippen LogP contribution in [-0.2, 0) is 14.4 Å². The zero-order valence-corrected chi connectivity index (χ0v) is 11.8. The fraction of sp³-hybridized carbons (Fsp3) is 0.357. The normalized spacial score (nSPS) is 16.9. The number of hydrogen-bond acceptors (Lipinski definition) is 5. The molecule has 0 spiro atoms. The Kier molecular flexibility index (Phi) is 4.11. The van der Waals surface area contributed by atoms with Crippen LogP contribution in [0.1, 0.15) is 6.92 Å². The molecule has 1 unspecified atom stereocenters. The molecule has 112 valence electrons. The van der Waals surface area contributed by atoms with Gasteiger partial charge in [-0.05, 0) is 19.1 Å². The van der Waals surface area contributed by atoms with Gasteiger partial charge >= 0.3 is 5.97 Å². The average molecular weight is 292 g/mol. The zero-order valence-electron chi connectivity index (χ0n) is 11.8. The molecule has 0 saturated carbocycles. The summed E-state index contributed by atoms with van der Waals surface area (Å²) in [7, 11) is 1.53. The number of benzene rings is 1. The summed E-state index contributed by atoms with van der Waals surface area (Å²) in [6.07, 6.45) is 0. The van der Waals surface area contributed by atoms with Gasteiger partial charge in [0.05, 0.1) is 20.2 Å². The predicted octanol–water partition coefficient (Wildman–Crippen LogP) is 0.343.